The maximum atomic E-state index is 12.0. The van der Waals surface area contributed by atoms with Gasteiger partial charge in [0, 0.05) is 12.6 Å². The number of oxazole rings is 1. The number of nitrogens with one attached hydrogen (secondary N) is 1. The zero-order valence-corrected chi connectivity index (χ0v) is 19.5. The molecule has 0 saturated carbocycles. The highest BCUT2D eigenvalue weighted by Crippen LogP contribution is 2.37. The minimum absolute atomic E-state index is 0.0469. The minimum atomic E-state index is -0.206. The third-order valence-electron chi connectivity index (χ3n) is 5.77. The van der Waals surface area contributed by atoms with Crippen LogP contribution in [0.25, 0.3) is 11.1 Å². The van der Waals surface area contributed by atoms with E-state index in [9.17, 15) is 4.79 Å². The number of esters is 1. The van der Waals surface area contributed by atoms with E-state index in [1.807, 2.05) is 24.3 Å². The van der Waals surface area contributed by atoms with Gasteiger partial charge in [0.2, 0.25) is 0 Å². The van der Waals surface area contributed by atoms with Gasteiger partial charge in [0.25, 0.3) is 6.01 Å². The molecule has 166 valence electrons. The summed E-state index contributed by atoms with van der Waals surface area (Å²) in [4.78, 5) is 18.8. The van der Waals surface area contributed by atoms with E-state index in [4.69, 9.17) is 9.15 Å². The van der Waals surface area contributed by atoms with Crippen molar-refractivity contribution in [3.8, 4) is 0 Å². The Labute approximate surface area is 184 Å². The number of carbonyl (C=O) groups is 1. The van der Waals surface area contributed by atoms with E-state index in [0.29, 0.717) is 12.4 Å². The van der Waals surface area contributed by atoms with E-state index in [1.165, 1.54) is 7.11 Å². The van der Waals surface area contributed by atoms with Crippen molar-refractivity contribution in [3.63, 3.8) is 0 Å². The molecule has 0 fully saturated rings. The number of hydrogen-bond acceptors (Lipinski definition) is 6. The monoisotopic (exact) mass is 423 g/mol. The molecule has 0 radical (unpaired) electrons. The van der Waals surface area contributed by atoms with E-state index in [1.54, 1.807) is 0 Å². The number of fused-ring (bicyclic) bond motifs is 1. The Morgan fingerprint density at radius 2 is 1.90 bits per heavy atom. The second-order valence-electron chi connectivity index (χ2n) is 9.25. The molecule has 0 aliphatic rings. The van der Waals surface area contributed by atoms with E-state index in [0.717, 1.165) is 28.0 Å². The van der Waals surface area contributed by atoms with Crippen LogP contribution in [-0.2, 0) is 9.53 Å². The van der Waals surface area contributed by atoms with Gasteiger partial charge < -0.3 is 19.4 Å². The van der Waals surface area contributed by atoms with Crippen LogP contribution in [-0.4, -0.2) is 30.6 Å². The predicted molar refractivity (Wildman–Crippen MR) is 126 cm³/mol. The van der Waals surface area contributed by atoms with Crippen molar-refractivity contribution in [2.45, 2.75) is 52.5 Å². The smallest absolute Gasteiger partial charge is 0.306 e. The SMILES string of the molecule is COC(=O)CC(c1ccc(N(C)C(C)(C)C)c(Nc2nc3ccccc3o2)c1)C(C)C. The first-order chi connectivity index (χ1) is 14.6. The van der Waals surface area contributed by atoms with Crippen molar-refractivity contribution in [3.05, 3.63) is 48.0 Å². The van der Waals surface area contributed by atoms with Crippen LogP contribution >= 0.6 is 0 Å². The van der Waals surface area contributed by atoms with Crippen LogP contribution in [0.2, 0.25) is 0 Å². The fraction of sp³-hybridized carbons (Fsp3) is 0.440. The van der Waals surface area contributed by atoms with Gasteiger partial charge in [-0.05, 0) is 62.4 Å². The Balaban J connectivity index is 2.05. The van der Waals surface area contributed by atoms with Crippen LogP contribution in [0.4, 0.5) is 17.4 Å². The van der Waals surface area contributed by atoms with Crippen LogP contribution in [0.5, 0.6) is 0 Å². The first kappa shape index (κ1) is 22.7. The quantitative estimate of drug-likeness (QED) is 0.463. The molecule has 0 spiro atoms. The molecule has 0 aliphatic carbocycles. The topological polar surface area (TPSA) is 67.6 Å². The summed E-state index contributed by atoms with van der Waals surface area (Å²) in [5.41, 5.74) is 4.44. The fourth-order valence-corrected chi connectivity index (χ4v) is 3.58. The zero-order chi connectivity index (χ0) is 22.8. The lowest BCUT2D eigenvalue weighted by atomic mass is 9.85. The van der Waals surface area contributed by atoms with Gasteiger partial charge in [0.05, 0.1) is 24.9 Å². The summed E-state index contributed by atoms with van der Waals surface area (Å²) < 4.78 is 10.8. The lowest BCUT2D eigenvalue weighted by Crippen LogP contribution is -2.38. The number of carbonyl (C=O) groups excluding carboxylic acids is 1. The number of nitrogens with zero attached hydrogens (tertiary/aromatic N) is 2. The van der Waals surface area contributed by atoms with Gasteiger partial charge in [0.15, 0.2) is 5.58 Å². The molecule has 2 aromatic carbocycles. The largest absolute Gasteiger partial charge is 0.469 e. The molecule has 3 aromatic rings. The van der Waals surface area contributed by atoms with E-state index in [2.05, 4.69) is 75.1 Å². The van der Waals surface area contributed by atoms with Gasteiger partial charge in [-0.25, -0.2) is 0 Å². The number of ether oxygens (including phenoxy) is 1. The number of anilines is 3. The molecule has 1 N–H and O–H groups in total. The lowest BCUT2D eigenvalue weighted by Gasteiger charge is -2.36. The molecule has 0 aliphatic heterocycles. The predicted octanol–water partition coefficient (Wildman–Crippen LogP) is 6.11. The molecule has 0 bridgehead atoms. The van der Waals surface area contributed by atoms with E-state index in [-0.39, 0.29) is 23.3 Å². The summed E-state index contributed by atoms with van der Waals surface area (Å²) in [7, 11) is 3.50. The summed E-state index contributed by atoms with van der Waals surface area (Å²) in [5.74, 6) is 0.121. The molecule has 3 rings (SSSR count). The normalized spacial score (nSPS) is 12.8. The minimum Gasteiger partial charge on any atom is -0.469 e. The van der Waals surface area contributed by atoms with Crippen molar-refractivity contribution >= 4 is 34.5 Å². The number of benzene rings is 2. The standard InChI is InChI=1S/C25H33N3O3/c1-16(2)18(15-23(29)30-7)17-12-13-21(28(6)25(3,4)5)20(14-17)27-24-26-19-10-8-9-11-22(19)31-24/h8-14,16,18H,15H2,1-7H3,(H,26,27). The van der Waals surface area contributed by atoms with Crippen LogP contribution < -0.4 is 10.2 Å². The van der Waals surface area contributed by atoms with Crippen molar-refractivity contribution in [2.75, 3.05) is 24.4 Å². The Hall–Kier alpha value is -3.02. The maximum absolute atomic E-state index is 12.0. The van der Waals surface area contributed by atoms with E-state index < -0.39 is 0 Å². The maximum Gasteiger partial charge on any atom is 0.306 e. The molecule has 6 nitrogen and oxygen atoms in total. The van der Waals surface area contributed by atoms with Gasteiger partial charge in [-0.1, -0.05) is 32.0 Å². The Morgan fingerprint density at radius 3 is 2.52 bits per heavy atom. The Bertz CT molecular complexity index is 1020. The van der Waals surface area contributed by atoms with Gasteiger partial charge >= 0.3 is 5.97 Å². The number of methoxy groups -OCH3 is 1. The second-order valence-corrected chi connectivity index (χ2v) is 9.25. The summed E-state index contributed by atoms with van der Waals surface area (Å²) in [6.07, 6.45) is 0.338. The fourth-order valence-electron chi connectivity index (χ4n) is 3.58. The van der Waals surface area contributed by atoms with Crippen molar-refractivity contribution in [1.29, 1.82) is 0 Å². The van der Waals surface area contributed by atoms with Crippen LogP contribution in [0.3, 0.4) is 0 Å². The third kappa shape index (κ3) is 5.19. The first-order valence-electron chi connectivity index (χ1n) is 10.7. The lowest BCUT2D eigenvalue weighted by molar-refractivity contribution is -0.141. The Kier molecular flexibility index (Phi) is 6.58. The van der Waals surface area contributed by atoms with Crippen molar-refractivity contribution in [1.82, 2.24) is 4.98 Å². The molecule has 1 heterocycles. The molecule has 0 amide bonds. The van der Waals surface area contributed by atoms with Crippen LogP contribution in [0.15, 0.2) is 46.9 Å². The summed E-state index contributed by atoms with van der Waals surface area (Å²) >= 11 is 0. The number of rotatable bonds is 7. The van der Waals surface area contributed by atoms with Crippen LogP contribution in [0.1, 0.15) is 52.5 Å². The van der Waals surface area contributed by atoms with Gasteiger partial charge in [-0.2, -0.15) is 4.98 Å². The summed E-state index contributed by atoms with van der Waals surface area (Å²) in [6.45, 7) is 10.7. The average Bonchev–Trinajstić information content (AvgIpc) is 3.12. The zero-order valence-electron chi connectivity index (χ0n) is 19.5. The summed E-state index contributed by atoms with van der Waals surface area (Å²) in [6, 6.07) is 14.4. The van der Waals surface area contributed by atoms with Crippen molar-refractivity contribution in [2.24, 2.45) is 5.92 Å². The van der Waals surface area contributed by atoms with E-state index >= 15 is 0 Å². The molecular weight excluding hydrogens is 390 g/mol. The molecule has 31 heavy (non-hydrogen) atoms. The average molecular weight is 424 g/mol. The molecule has 1 atom stereocenters. The van der Waals surface area contributed by atoms with Gasteiger partial charge in [-0.15, -0.1) is 0 Å². The highest BCUT2D eigenvalue weighted by molar-refractivity contribution is 5.79. The van der Waals surface area contributed by atoms with Crippen LogP contribution in [0, 0.1) is 5.92 Å². The first-order valence-corrected chi connectivity index (χ1v) is 10.7. The number of para-hydroxylation sites is 2. The van der Waals surface area contributed by atoms with Gasteiger partial charge in [-0.3, -0.25) is 4.79 Å². The van der Waals surface area contributed by atoms with Gasteiger partial charge in [0.1, 0.15) is 5.52 Å². The molecule has 0 saturated heterocycles. The highest BCUT2D eigenvalue weighted by atomic mass is 16.5. The Morgan fingerprint density at radius 1 is 1.19 bits per heavy atom. The third-order valence-corrected chi connectivity index (χ3v) is 5.77. The molecule has 1 unspecified atom stereocenters. The second kappa shape index (κ2) is 9.00. The number of hydrogen-bond donors (Lipinski definition) is 1. The van der Waals surface area contributed by atoms with Crippen molar-refractivity contribution < 1.29 is 13.9 Å². The highest BCUT2D eigenvalue weighted by Gasteiger charge is 2.25. The molecule has 6 heteroatoms. The summed E-state index contributed by atoms with van der Waals surface area (Å²) in [5, 5.41) is 3.38. The molecular formula is C25H33N3O3. The molecule has 1 aromatic heterocycles. The number of aromatic nitrogens is 1.